The molecule has 0 N–H and O–H groups in total. The third kappa shape index (κ3) is 3.57. The molecule has 0 aliphatic carbocycles. The van der Waals surface area contributed by atoms with Crippen LogP contribution in [0.2, 0.25) is 0 Å². The molecule has 0 aliphatic rings. The lowest BCUT2D eigenvalue weighted by molar-refractivity contribution is 0.412. The highest BCUT2D eigenvalue weighted by molar-refractivity contribution is 9.10. The molecule has 86 valence electrons. The first kappa shape index (κ1) is 13.1. The Morgan fingerprint density at radius 1 is 1.38 bits per heavy atom. The average Bonchev–Trinajstić information content (AvgIpc) is 2.29. The van der Waals surface area contributed by atoms with E-state index in [9.17, 15) is 0 Å². The second-order valence-corrected chi connectivity index (χ2v) is 4.56. The summed E-state index contributed by atoms with van der Waals surface area (Å²) in [6.07, 6.45) is 1.84. The van der Waals surface area contributed by atoms with Gasteiger partial charge in [0.1, 0.15) is 5.75 Å². The molecule has 1 unspecified atom stereocenters. The average molecular weight is 281 g/mol. The minimum Gasteiger partial charge on any atom is -0.496 e. The van der Waals surface area contributed by atoms with Gasteiger partial charge in [-0.2, -0.15) is 0 Å². The fraction of sp³-hybridized carbons (Fsp3) is 0.429. The van der Waals surface area contributed by atoms with Gasteiger partial charge in [-0.3, -0.25) is 0 Å². The molecule has 1 atom stereocenters. The van der Waals surface area contributed by atoms with E-state index in [0.717, 1.165) is 23.1 Å². The Labute approximate surface area is 106 Å². The lowest BCUT2D eigenvalue weighted by atomic mass is 9.98. The van der Waals surface area contributed by atoms with Crippen LogP contribution in [0.5, 0.6) is 5.75 Å². The fourth-order valence-electron chi connectivity index (χ4n) is 1.46. The molecule has 0 amide bonds. The van der Waals surface area contributed by atoms with Crippen molar-refractivity contribution in [3.63, 3.8) is 0 Å². The van der Waals surface area contributed by atoms with Crippen molar-refractivity contribution < 1.29 is 4.74 Å². The van der Waals surface area contributed by atoms with Crippen LogP contribution in [0.15, 0.2) is 22.7 Å². The molecule has 0 fully saturated rings. The van der Waals surface area contributed by atoms with Crippen molar-refractivity contribution in [3.8, 4) is 17.6 Å². The first-order valence-corrected chi connectivity index (χ1v) is 6.27. The number of rotatable bonds is 3. The third-order valence-corrected chi connectivity index (χ3v) is 3.07. The SMILES string of the molecule is CCC#CCC(C)c1ccc(OC)c(Br)c1. The summed E-state index contributed by atoms with van der Waals surface area (Å²) in [5, 5.41) is 0. The molecule has 0 aliphatic heterocycles. The maximum atomic E-state index is 5.20. The Bertz CT molecular complexity index is 401. The second-order valence-electron chi connectivity index (χ2n) is 3.71. The summed E-state index contributed by atoms with van der Waals surface area (Å²) in [5.74, 6) is 7.61. The summed E-state index contributed by atoms with van der Waals surface area (Å²) < 4.78 is 6.21. The summed E-state index contributed by atoms with van der Waals surface area (Å²) in [4.78, 5) is 0. The first-order valence-electron chi connectivity index (χ1n) is 5.48. The lowest BCUT2D eigenvalue weighted by Gasteiger charge is -2.10. The van der Waals surface area contributed by atoms with Crippen LogP contribution in [0.4, 0.5) is 0 Å². The summed E-state index contributed by atoms with van der Waals surface area (Å²) in [5.41, 5.74) is 1.29. The molecule has 1 rings (SSSR count). The standard InChI is InChI=1S/C14H17BrO/c1-4-5-6-7-11(2)12-8-9-14(16-3)13(15)10-12/h8-11H,4,7H2,1-3H3. The van der Waals surface area contributed by atoms with Crippen molar-refractivity contribution in [2.24, 2.45) is 0 Å². The van der Waals surface area contributed by atoms with Crippen molar-refractivity contribution in [1.82, 2.24) is 0 Å². The molecule has 0 saturated heterocycles. The molecule has 0 heterocycles. The van der Waals surface area contributed by atoms with Gasteiger partial charge in [0, 0.05) is 12.8 Å². The third-order valence-electron chi connectivity index (χ3n) is 2.45. The van der Waals surface area contributed by atoms with Crippen molar-refractivity contribution in [1.29, 1.82) is 0 Å². The smallest absolute Gasteiger partial charge is 0.133 e. The quantitative estimate of drug-likeness (QED) is 0.748. The van der Waals surface area contributed by atoms with E-state index in [1.165, 1.54) is 5.56 Å². The van der Waals surface area contributed by atoms with Crippen LogP contribution in [0.25, 0.3) is 0 Å². The minimum atomic E-state index is 0.459. The zero-order valence-electron chi connectivity index (χ0n) is 10.0. The molecule has 1 nitrogen and oxygen atoms in total. The number of halogens is 1. The van der Waals surface area contributed by atoms with Gasteiger partial charge >= 0.3 is 0 Å². The van der Waals surface area contributed by atoms with Crippen LogP contribution in [0.3, 0.4) is 0 Å². The lowest BCUT2D eigenvalue weighted by Crippen LogP contribution is -1.93. The van der Waals surface area contributed by atoms with Gasteiger partial charge in [-0.05, 0) is 39.5 Å². The fourth-order valence-corrected chi connectivity index (χ4v) is 2.02. The van der Waals surface area contributed by atoms with Gasteiger partial charge in [0.2, 0.25) is 0 Å². The zero-order valence-corrected chi connectivity index (χ0v) is 11.6. The van der Waals surface area contributed by atoms with Gasteiger partial charge in [0.05, 0.1) is 11.6 Å². The van der Waals surface area contributed by atoms with E-state index in [0.29, 0.717) is 5.92 Å². The Balaban J connectivity index is 2.76. The van der Waals surface area contributed by atoms with Gasteiger partial charge in [0.25, 0.3) is 0 Å². The van der Waals surface area contributed by atoms with Gasteiger partial charge < -0.3 is 4.74 Å². The number of hydrogen-bond acceptors (Lipinski definition) is 1. The zero-order chi connectivity index (χ0) is 12.0. The van der Waals surface area contributed by atoms with E-state index in [-0.39, 0.29) is 0 Å². The Kier molecular flexibility index (Phi) is 5.42. The molecule has 16 heavy (non-hydrogen) atoms. The Hall–Kier alpha value is -0.940. The topological polar surface area (TPSA) is 9.23 Å². The van der Waals surface area contributed by atoms with Crippen LogP contribution in [-0.2, 0) is 0 Å². The van der Waals surface area contributed by atoms with Crippen molar-refractivity contribution in [2.75, 3.05) is 7.11 Å². The van der Waals surface area contributed by atoms with Gasteiger partial charge in [-0.25, -0.2) is 0 Å². The summed E-state index contributed by atoms with van der Waals surface area (Å²) in [7, 11) is 1.68. The van der Waals surface area contributed by atoms with Crippen LogP contribution >= 0.6 is 15.9 Å². The predicted octanol–water partition coefficient (Wildman–Crippen LogP) is 4.36. The van der Waals surface area contributed by atoms with Crippen molar-refractivity contribution in [2.45, 2.75) is 32.6 Å². The number of hydrogen-bond donors (Lipinski definition) is 0. The molecule has 0 aromatic heterocycles. The van der Waals surface area contributed by atoms with Crippen LogP contribution < -0.4 is 4.74 Å². The van der Waals surface area contributed by atoms with Gasteiger partial charge in [0.15, 0.2) is 0 Å². The largest absolute Gasteiger partial charge is 0.496 e. The van der Waals surface area contributed by atoms with E-state index in [2.05, 4.69) is 53.8 Å². The van der Waals surface area contributed by atoms with E-state index in [1.807, 2.05) is 6.07 Å². The molecule has 1 aromatic rings. The summed E-state index contributed by atoms with van der Waals surface area (Å²) in [6, 6.07) is 6.20. The highest BCUT2D eigenvalue weighted by Gasteiger charge is 2.07. The van der Waals surface area contributed by atoms with Crippen molar-refractivity contribution >= 4 is 15.9 Å². The molecule has 0 radical (unpaired) electrons. The molecule has 1 aromatic carbocycles. The van der Waals surface area contributed by atoms with E-state index in [1.54, 1.807) is 7.11 Å². The molecular formula is C14H17BrO. The molecular weight excluding hydrogens is 264 g/mol. The number of ether oxygens (including phenoxy) is 1. The molecule has 0 saturated carbocycles. The maximum Gasteiger partial charge on any atom is 0.133 e. The molecule has 2 heteroatoms. The molecule has 0 spiro atoms. The van der Waals surface area contributed by atoms with Gasteiger partial charge in [-0.15, -0.1) is 11.8 Å². The molecule has 0 bridgehead atoms. The van der Waals surface area contributed by atoms with E-state index >= 15 is 0 Å². The first-order chi connectivity index (χ1) is 7.69. The minimum absolute atomic E-state index is 0.459. The second kappa shape index (κ2) is 6.60. The number of methoxy groups -OCH3 is 1. The highest BCUT2D eigenvalue weighted by Crippen LogP contribution is 2.29. The van der Waals surface area contributed by atoms with E-state index in [4.69, 9.17) is 4.74 Å². The normalized spacial score (nSPS) is 11.5. The van der Waals surface area contributed by atoms with Crippen LogP contribution in [0, 0.1) is 11.8 Å². The van der Waals surface area contributed by atoms with E-state index < -0.39 is 0 Å². The maximum absolute atomic E-state index is 5.20. The summed E-state index contributed by atoms with van der Waals surface area (Å²) >= 11 is 3.50. The summed E-state index contributed by atoms with van der Waals surface area (Å²) in [6.45, 7) is 4.26. The monoisotopic (exact) mass is 280 g/mol. The van der Waals surface area contributed by atoms with Crippen LogP contribution in [0.1, 0.15) is 38.2 Å². The highest BCUT2D eigenvalue weighted by atomic mass is 79.9. The Morgan fingerprint density at radius 2 is 2.12 bits per heavy atom. The van der Waals surface area contributed by atoms with Crippen LogP contribution in [-0.4, -0.2) is 7.11 Å². The Morgan fingerprint density at radius 3 is 2.69 bits per heavy atom. The number of benzene rings is 1. The predicted molar refractivity (Wildman–Crippen MR) is 71.8 cm³/mol. The van der Waals surface area contributed by atoms with Gasteiger partial charge in [-0.1, -0.05) is 19.9 Å². The van der Waals surface area contributed by atoms with Crippen molar-refractivity contribution in [3.05, 3.63) is 28.2 Å².